The largest absolute Gasteiger partial charge is 0.494 e. The summed E-state index contributed by atoms with van der Waals surface area (Å²) >= 11 is 1.69. The minimum atomic E-state index is 0.0715. The van der Waals surface area contributed by atoms with E-state index < -0.39 is 0 Å². The fourth-order valence-corrected chi connectivity index (χ4v) is 3.45. The lowest BCUT2D eigenvalue weighted by atomic mass is 9.90. The highest BCUT2D eigenvalue weighted by atomic mass is 32.1. The van der Waals surface area contributed by atoms with E-state index in [4.69, 9.17) is 4.74 Å². The summed E-state index contributed by atoms with van der Waals surface area (Å²) in [5.74, 6) is 1.05. The molecule has 0 spiro atoms. The lowest BCUT2D eigenvalue weighted by Crippen LogP contribution is -2.22. The van der Waals surface area contributed by atoms with Crippen LogP contribution in [0.4, 0.5) is 5.69 Å². The molecule has 0 saturated heterocycles. The van der Waals surface area contributed by atoms with Crippen LogP contribution in [-0.4, -0.2) is 12.5 Å². The van der Waals surface area contributed by atoms with Gasteiger partial charge in [0, 0.05) is 22.8 Å². The first-order valence-corrected chi connectivity index (χ1v) is 7.26. The Morgan fingerprint density at radius 1 is 1.37 bits per heavy atom. The van der Waals surface area contributed by atoms with Crippen LogP contribution in [0.15, 0.2) is 35.7 Å². The standard InChI is InChI=1S/C15H15NO2S/c1-2-18-13-6-4-3-5-10(13)11-9-14(17)16-12-7-8-19-15(11)12/h3-8,11H,2,9H2,1H3,(H,16,17). The van der Waals surface area contributed by atoms with Crippen molar-refractivity contribution >= 4 is 22.9 Å². The average Bonchev–Trinajstić information content (AvgIpc) is 2.87. The molecule has 1 atom stereocenters. The van der Waals surface area contributed by atoms with Gasteiger partial charge in [-0.2, -0.15) is 0 Å². The fourth-order valence-electron chi connectivity index (χ4n) is 2.48. The molecule has 2 heterocycles. The molecule has 1 amide bonds. The van der Waals surface area contributed by atoms with Gasteiger partial charge in [-0.1, -0.05) is 18.2 Å². The Labute approximate surface area is 116 Å². The molecular weight excluding hydrogens is 258 g/mol. The van der Waals surface area contributed by atoms with Crippen molar-refractivity contribution in [2.24, 2.45) is 0 Å². The summed E-state index contributed by atoms with van der Waals surface area (Å²) in [6, 6.07) is 9.95. The van der Waals surface area contributed by atoms with Crippen LogP contribution >= 0.6 is 11.3 Å². The number of nitrogens with one attached hydrogen (secondary N) is 1. The van der Waals surface area contributed by atoms with Gasteiger partial charge < -0.3 is 10.1 Å². The number of carbonyl (C=O) groups excluding carboxylic acids is 1. The minimum absolute atomic E-state index is 0.0715. The molecule has 0 bridgehead atoms. The van der Waals surface area contributed by atoms with Gasteiger partial charge in [0.15, 0.2) is 0 Å². The molecule has 0 aliphatic carbocycles. The van der Waals surface area contributed by atoms with Crippen molar-refractivity contribution in [3.63, 3.8) is 0 Å². The van der Waals surface area contributed by atoms with E-state index in [1.165, 1.54) is 4.88 Å². The van der Waals surface area contributed by atoms with Crippen molar-refractivity contribution in [1.29, 1.82) is 0 Å². The Morgan fingerprint density at radius 2 is 2.21 bits per heavy atom. The molecule has 0 fully saturated rings. The summed E-state index contributed by atoms with van der Waals surface area (Å²) in [6.07, 6.45) is 0.484. The second kappa shape index (κ2) is 5.05. The summed E-state index contributed by atoms with van der Waals surface area (Å²) < 4.78 is 5.69. The van der Waals surface area contributed by atoms with Crippen LogP contribution in [0.1, 0.15) is 29.7 Å². The Morgan fingerprint density at radius 3 is 3.05 bits per heavy atom. The van der Waals surface area contributed by atoms with Crippen molar-refractivity contribution in [2.45, 2.75) is 19.3 Å². The van der Waals surface area contributed by atoms with Crippen molar-refractivity contribution < 1.29 is 9.53 Å². The molecule has 0 saturated carbocycles. The Bertz CT molecular complexity index is 606. The predicted molar refractivity (Wildman–Crippen MR) is 77.0 cm³/mol. The first-order chi connectivity index (χ1) is 9.29. The van der Waals surface area contributed by atoms with Crippen molar-refractivity contribution in [3.8, 4) is 5.75 Å². The number of thiophene rings is 1. The molecule has 0 radical (unpaired) electrons. The smallest absolute Gasteiger partial charge is 0.225 e. The van der Waals surface area contributed by atoms with Crippen LogP contribution in [0, 0.1) is 0 Å². The van der Waals surface area contributed by atoms with E-state index in [-0.39, 0.29) is 11.8 Å². The molecule has 98 valence electrons. The molecule has 3 nitrogen and oxygen atoms in total. The number of rotatable bonds is 3. The van der Waals surface area contributed by atoms with Gasteiger partial charge in [-0.25, -0.2) is 0 Å². The van der Waals surface area contributed by atoms with Crippen LogP contribution in [-0.2, 0) is 4.79 Å². The molecule has 1 aromatic carbocycles. The third-order valence-electron chi connectivity index (χ3n) is 3.27. The molecule has 4 heteroatoms. The molecule has 1 aromatic heterocycles. The number of hydrogen-bond acceptors (Lipinski definition) is 3. The van der Waals surface area contributed by atoms with Crippen molar-refractivity contribution in [1.82, 2.24) is 0 Å². The first kappa shape index (κ1) is 12.2. The highest BCUT2D eigenvalue weighted by molar-refractivity contribution is 7.10. The Hall–Kier alpha value is -1.81. The van der Waals surface area contributed by atoms with Gasteiger partial charge in [-0.05, 0) is 24.4 Å². The van der Waals surface area contributed by atoms with Crippen LogP contribution in [0.2, 0.25) is 0 Å². The number of benzene rings is 1. The number of carbonyl (C=O) groups is 1. The third kappa shape index (κ3) is 2.24. The number of hydrogen-bond donors (Lipinski definition) is 1. The van der Waals surface area contributed by atoms with Gasteiger partial charge in [0.2, 0.25) is 5.91 Å². The average molecular weight is 273 g/mol. The van der Waals surface area contributed by atoms with Crippen LogP contribution in [0.3, 0.4) is 0 Å². The molecule has 1 aliphatic heterocycles. The highest BCUT2D eigenvalue weighted by Gasteiger charge is 2.29. The zero-order chi connectivity index (χ0) is 13.2. The second-order valence-corrected chi connectivity index (χ2v) is 5.42. The summed E-state index contributed by atoms with van der Waals surface area (Å²) in [6.45, 7) is 2.61. The molecule has 1 N–H and O–H groups in total. The third-order valence-corrected chi connectivity index (χ3v) is 4.30. The molecular formula is C15H15NO2S. The van der Waals surface area contributed by atoms with Gasteiger partial charge >= 0.3 is 0 Å². The zero-order valence-electron chi connectivity index (χ0n) is 10.7. The topological polar surface area (TPSA) is 38.3 Å². The maximum atomic E-state index is 11.8. The highest BCUT2D eigenvalue weighted by Crippen LogP contribution is 2.43. The van der Waals surface area contributed by atoms with Crippen molar-refractivity contribution in [2.75, 3.05) is 11.9 Å². The molecule has 1 aliphatic rings. The number of amides is 1. The summed E-state index contributed by atoms with van der Waals surface area (Å²) in [5.41, 5.74) is 2.04. The SMILES string of the molecule is CCOc1ccccc1C1CC(=O)Nc2ccsc21. The van der Waals surface area contributed by atoms with E-state index in [1.807, 2.05) is 36.6 Å². The fraction of sp³-hybridized carbons (Fsp3) is 0.267. The summed E-state index contributed by atoms with van der Waals surface area (Å²) in [7, 11) is 0. The number of fused-ring (bicyclic) bond motifs is 1. The van der Waals surface area contributed by atoms with Gasteiger partial charge in [0.25, 0.3) is 0 Å². The second-order valence-electron chi connectivity index (χ2n) is 4.47. The van der Waals surface area contributed by atoms with E-state index in [0.29, 0.717) is 13.0 Å². The molecule has 1 unspecified atom stereocenters. The zero-order valence-corrected chi connectivity index (χ0v) is 11.5. The predicted octanol–water partition coefficient (Wildman–Crippen LogP) is 3.62. The van der Waals surface area contributed by atoms with E-state index >= 15 is 0 Å². The first-order valence-electron chi connectivity index (χ1n) is 6.38. The Balaban J connectivity index is 2.06. The van der Waals surface area contributed by atoms with E-state index in [1.54, 1.807) is 11.3 Å². The minimum Gasteiger partial charge on any atom is -0.494 e. The number of anilines is 1. The van der Waals surface area contributed by atoms with Crippen LogP contribution in [0.25, 0.3) is 0 Å². The van der Waals surface area contributed by atoms with Gasteiger partial charge in [0.1, 0.15) is 5.75 Å². The van der Waals surface area contributed by atoms with Gasteiger partial charge in [-0.3, -0.25) is 4.79 Å². The van der Waals surface area contributed by atoms with Crippen LogP contribution in [0.5, 0.6) is 5.75 Å². The summed E-state index contributed by atoms with van der Waals surface area (Å²) in [4.78, 5) is 13.0. The Kier molecular flexibility index (Phi) is 3.25. The van der Waals surface area contributed by atoms with Gasteiger partial charge in [-0.15, -0.1) is 11.3 Å². The van der Waals surface area contributed by atoms with E-state index in [0.717, 1.165) is 17.0 Å². The summed E-state index contributed by atoms with van der Waals surface area (Å²) in [5, 5.41) is 4.94. The number of ether oxygens (including phenoxy) is 1. The quantitative estimate of drug-likeness (QED) is 0.927. The monoisotopic (exact) mass is 273 g/mol. The number of para-hydroxylation sites is 1. The maximum absolute atomic E-state index is 11.8. The lowest BCUT2D eigenvalue weighted by Gasteiger charge is -2.24. The van der Waals surface area contributed by atoms with E-state index in [9.17, 15) is 4.79 Å². The maximum Gasteiger partial charge on any atom is 0.225 e. The lowest BCUT2D eigenvalue weighted by molar-refractivity contribution is -0.116. The van der Waals surface area contributed by atoms with Gasteiger partial charge in [0.05, 0.1) is 12.3 Å². The van der Waals surface area contributed by atoms with E-state index in [2.05, 4.69) is 11.4 Å². The van der Waals surface area contributed by atoms with Crippen LogP contribution < -0.4 is 10.1 Å². The molecule has 2 aromatic rings. The molecule has 19 heavy (non-hydrogen) atoms. The normalized spacial score (nSPS) is 17.7. The molecule has 3 rings (SSSR count). The van der Waals surface area contributed by atoms with Crippen molar-refractivity contribution in [3.05, 3.63) is 46.2 Å².